The third kappa shape index (κ3) is 2.84. The first kappa shape index (κ1) is 12.3. The molecule has 0 saturated carbocycles. The maximum absolute atomic E-state index is 10.9. The Bertz CT molecular complexity index is 842. The van der Waals surface area contributed by atoms with E-state index in [-0.39, 0.29) is 6.42 Å². The Morgan fingerprint density at radius 1 is 1.10 bits per heavy atom. The van der Waals surface area contributed by atoms with Crippen LogP contribution in [0.25, 0.3) is 22.2 Å². The second-order valence-electron chi connectivity index (χ2n) is 5.10. The fourth-order valence-corrected chi connectivity index (χ4v) is 2.48. The lowest BCUT2D eigenvalue weighted by Crippen LogP contribution is -1.90. The molecule has 0 unspecified atom stereocenters. The summed E-state index contributed by atoms with van der Waals surface area (Å²) in [4.78, 5) is 15.6. The highest BCUT2D eigenvalue weighted by Crippen LogP contribution is 2.23. The van der Waals surface area contributed by atoms with E-state index in [4.69, 9.17) is 6.35 Å². The lowest BCUT2D eigenvalue weighted by atomic mass is 10.0. The molecular formula is C19H17NO. The highest BCUT2D eigenvalue weighted by Gasteiger charge is 2.03. The topological polar surface area (TPSA) is 30.0 Å². The second-order valence-corrected chi connectivity index (χ2v) is 5.10. The molecule has 0 radical (unpaired) electrons. The summed E-state index contributed by atoms with van der Waals surface area (Å²) < 4.78 is 7.05. The van der Waals surface area contributed by atoms with Gasteiger partial charge in [0.05, 0.1) is 11.2 Å². The van der Waals surface area contributed by atoms with Crippen LogP contribution >= 0.6 is 0 Å². The molecule has 0 bridgehead atoms. The molecule has 0 amide bonds. The lowest BCUT2D eigenvalue weighted by molar-refractivity contribution is -0.107. The normalized spacial score (nSPS) is 11.4. The van der Waals surface area contributed by atoms with Crippen LogP contribution in [0.4, 0.5) is 0 Å². The van der Waals surface area contributed by atoms with E-state index in [0.29, 0.717) is 0 Å². The van der Waals surface area contributed by atoms with Gasteiger partial charge in [0.1, 0.15) is 7.63 Å². The van der Waals surface area contributed by atoms with E-state index in [1.165, 1.54) is 5.56 Å². The number of pyridine rings is 1. The summed E-state index contributed by atoms with van der Waals surface area (Å²) in [6.45, 7) is 2.14. The van der Waals surface area contributed by atoms with Crippen LogP contribution in [0.3, 0.4) is 0 Å². The van der Waals surface area contributed by atoms with Crippen LogP contribution in [0.15, 0.2) is 54.6 Å². The third-order valence-electron chi connectivity index (χ3n) is 3.66. The van der Waals surface area contributed by atoms with Crippen LogP contribution in [0.1, 0.15) is 19.4 Å². The Morgan fingerprint density at radius 3 is 2.81 bits per heavy atom. The zero-order valence-electron chi connectivity index (χ0n) is 13.0. The van der Waals surface area contributed by atoms with E-state index in [0.717, 1.165) is 34.1 Å². The summed E-state index contributed by atoms with van der Waals surface area (Å²) in [5.74, 6) is 0. The summed E-state index contributed by atoms with van der Waals surface area (Å²) in [6, 6.07) is 18.2. The number of benzene rings is 2. The molecule has 0 saturated heterocycles. The van der Waals surface area contributed by atoms with Crippen molar-refractivity contribution in [1.29, 1.82) is 0 Å². The first-order valence-corrected chi connectivity index (χ1v) is 7.14. The molecule has 2 heteroatoms. The Kier molecular flexibility index (Phi) is 3.44. The number of hydrogen-bond acceptors (Lipinski definition) is 2. The number of aryl methyl sites for hydroxylation is 1. The Labute approximate surface area is 125 Å². The standard InChI is InChI=1S/C19H17NO/c1-2-14-4-3-5-16(12-14)19-9-7-17-13-15(10-11-21)6-8-18(17)20-19/h3-9,11-13H,2,10H2,1H3/i11T. The molecule has 0 aliphatic heterocycles. The SMILES string of the molecule is [3H]C(=O)Cc1ccc2nc(-c3cccc(CC)c3)ccc2c1. The fraction of sp³-hybridized carbons (Fsp3) is 0.158. The molecule has 21 heavy (non-hydrogen) atoms. The van der Waals surface area contributed by atoms with Gasteiger partial charge in [-0.25, -0.2) is 4.98 Å². The predicted octanol–water partition coefficient (Wildman–Crippen LogP) is 4.21. The van der Waals surface area contributed by atoms with Gasteiger partial charge in [0, 0.05) is 17.4 Å². The monoisotopic (exact) mass is 277 g/mol. The van der Waals surface area contributed by atoms with Crippen molar-refractivity contribution in [2.24, 2.45) is 0 Å². The lowest BCUT2D eigenvalue weighted by Gasteiger charge is -2.06. The van der Waals surface area contributed by atoms with E-state index >= 15 is 0 Å². The van der Waals surface area contributed by atoms with Gasteiger partial charge in [-0.3, -0.25) is 0 Å². The van der Waals surface area contributed by atoms with Crippen molar-refractivity contribution in [2.45, 2.75) is 19.8 Å². The van der Waals surface area contributed by atoms with Crippen LogP contribution in [0, 0.1) is 0 Å². The van der Waals surface area contributed by atoms with Crippen LogP contribution in [0.2, 0.25) is 0 Å². The Morgan fingerprint density at radius 2 is 2.00 bits per heavy atom. The predicted molar refractivity (Wildman–Crippen MR) is 86.3 cm³/mol. The summed E-state index contributed by atoms with van der Waals surface area (Å²) in [6.07, 6.45) is 0.586. The Hall–Kier alpha value is -2.48. The fourth-order valence-electron chi connectivity index (χ4n) is 2.48. The summed E-state index contributed by atoms with van der Waals surface area (Å²) in [5.41, 5.74) is 5.12. The van der Waals surface area contributed by atoms with Crippen molar-refractivity contribution in [3.8, 4) is 11.3 Å². The average molecular weight is 277 g/mol. The van der Waals surface area contributed by atoms with Crippen molar-refractivity contribution in [1.82, 2.24) is 4.98 Å². The highest BCUT2D eigenvalue weighted by atomic mass is 16.1. The van der Waals surface area contributed by atoms with Crippen molar-refractivity contribution in [2.75, 3.05) is 0 Å². The number of carbonyl (C=O) groups excluding carboxylic acids is 1. The maximum atomic E-state index is 10.9. The Balaban J connectivity index is 2.00. The zero-order valence-corrected chi connectivity index (χ0v) is 12.0. The molecule has 0 spiro atoms. The van der Waals surface area contributed by atoms with Gasteiger partial charge in [0.15, 0.2) is 0 Å². The van der Waals surface area contributed by atoms with E-state index in [1.807, 2.05) is 30.3 Å². The molecule has 0 fully saturated rings. The van der Waals surface area contributed by atoms with Crippen molar-refractivity contribution < 1.29 is 6.17 Å². The molecule has 0 atom stereocenters. The van der Waals surface area contributed by atoms with Crippen LogP contribution in [-0.2, 0) is 17.6 Å². The molecule has 0 N–H and O–H groups in total. The number of fused-ring (bicyclic) bond motifs is 1. The molecule has 0 aliphatic carbocycles. The highest BCUT2D eigenvalue weighted by molar-refractivity contribution is 5.82. The summed E-state index contributed by atoms with van der Waals surface area (Å²) in [5, 5.41) is 0.995. The number of nitrogens with zero attached hydrogens (tertiary/aromatic N) is 1. The van der Waals surface area contributed by atoms with Gasteiger partial charge in [0.25, 0.3) is 0 Å². The molecule has 3 aromatic rings. The van der Waals surface area contributed by atoms with Crippen LogP contribution in [-0.4, -0.2) is 11.2 Å². The van der Waals surface area contributed by atoms with Crippen LogP contribution < -0.4 is 0 Å². The first-order chi connectivity index (χ1) is 10.7. The van der Waals surface area contributed by atoms with Gasteiger partial charge in [-0.05, 0) is 41.8 Å². The molecule has 1 heterocycles. The van der Waals surface area contributed by atoms with Crippen LogP contribution in [0.5, 0.6) is 0 Å². The zero-order chi connectivity index (χ0) is 15.5. The van der Waals surface area contributed by atoms with Crippen molar-refractivity contribution in [3.05, 3.63) is 65.7 Å². The molecule has 0 aliphatic rings. The number of aldehydes is 1. The number of aromatic nitrogens is 1. The minimum absolute atomic E-state index is 0.149. The number of rotatable bonds is 4. The average Bonchev–Trinajstić information content (AvgIpc) is 2.54. The van der Waals surface area contributed by atoms with Crippen molar-refractivity contribution in [3.63, 3.8) is 0 Å². The second kappa shape index (κ2) is 5.88. The van der Waals surface area contributed by atoms with Gasteiger partial charge in [-0.1, -0.05) is 37.3 Å². The van der Waals surface area contributed by atoms with E-state index in [9.17, 15) is 4.79 Å². The van der Waals surface area contributed by atoms with E-state index < -0.39 is 6.26 Å². The minimum atomic E-state index is -0.569. The molecule has 1 aromatic heterocycles. The largest absolute Gasteiger partial charge is 0.303 e. The molecule has 2 nitrogen and oxygen atoms in total. The van der Waals surface area contributed by atoms with Gasteiger partial charge in [-0.15, -0.1) is 0 Å². The summed E-state index contributed by atoms with van der Waals surface area (Å²) in [7, 11) is 0. The summed E-state index contributed by atoms with van der Waals surface area (Å²) >= 11 is 0. The minimum Gasteiger partial charge on any atom is -0.303 e. The molecular weight excluding hydrogens is 258 g/mol. The van der Waals surface area contributed by atoms with Gasteiger partial charge in [0.2, 0.25) is 0 Å². The molecule has 104 valence electrons. The van der Waals surface area contributed by atoms with Gasteiger partial charge < -0.3 is 4.79 Å². The van der Waals surface area contributed by atoms with E-state index in [2.05, 4.69) is 31.2 Å². The quantitative estimate of drug-likeness (QED) is 0.669. The number of carbonyl (C=O) groups is 1. The number of hydrogen-bond donors (Lipinski definition) is 0. The smallest absolute Gasteiger partial charge is 0.124 e. The first-order valence-electron chi connectivity index (χ1n) is 7.64. The molecule has 3 rings (SSSR count). The molecule has 2 aromatic carbocycles. The van der Waals surface area contributed by atoms with Crippen molar-refractivity contribution >= 4 is 17.2 Å². The third-order valence-corrected chi connectivity index (χ3v) is 3.66. The van der Waals surface area contributed by atoms with E-state index in [1.54, 1.807) is 0 Å². The van der Waals surface area contributed by atoms with Gasteiger partial charge in [-0.2, -0.15) is 0 Å². The van der Waals surface area contributed by atoms with Gasteiger partial charge >= 0.3 is 0 Å². The maximum Gasteiger partial charge on any atom is 0.124 e.